The normalized spacial score (nSPS) is 27.3. The van der Waals surface area contributed by atoms with Crippen LogP contribution in [0.2, 0.25) is 0 Å². The van der Waals surface area contributed by atoms with E-state index in [-0.39, 0.29) is 11.3 Å². The maximum atomic E-state index is 11.3. The maximum absolute atomic E-state index is 11.3. The first-order chi connectivity index (χ1) is 15.7. The fourth-order valence-corrected chi connectivity index (χ4v) is 5.38. The monoisotopic (exact) mass is 457 g/mol. The predicted molar refractivity (Wildman–Crippen MR) is 132 cm³/mol. The van der Waals surface area contributed by atoms with Gasteiger partial charge in [0.05, 0.1) is 18.9 Å². The molecule has 7 heteroatoms. The number of carbonyl (C=O) groups excluding carboxylic acids is 1. The Morgan fingerprint density at radius 3 is 2.45 bits per heavy atom. The van der Waals surface area contributed by atoms with Crippen molar-refractivity contribution in [3.05, 3.63) is 17.6 Å². The van der Waals surface area contributed by atoms with E-state index in [9.17, 15) is 4.79 Å². The van der Waals surface area contributed by atoms with Crippen LogP contribution in [0.3, 0.4) is 0 Å². The van der Waals surface area contributed by atoms with Crippen LogP contribution in [0.25, 0.3) is 0 Å². The molecule has 3 fully saturated rings. The van der Waals surface area contributed by atoms with Gasteiger partial charge in [0, 0.05) is 56.0 Å². The van der Waals surface area contributed by atoms with Gasteiger partial charge in [0.25, 0.3) is 0 Å². The van der Waals surface area contributed by atoms with Crippen LogP contribution in [-0.2, 0) is 14.9 Å². The summed E-state index contributed by atoms with van der Waals surface area (Å²) in [5.41, 5.74) is 1.07. The number of amides is 1. The molecule has 3 aliphatic rings. The van der Waals surface area contributed by atoms with Crippen molar-refractivity contribution in [2.75, 3.05) is 44.3 Å². The van der Waals surface area contributed by atoms with E-state index in [1.165, 1.54) is 25.8 Å². The van der Waals surface area contributed by atoms with Gasteiger partial charge in [-0.1, -0.05) is 20.8 Å². The molecule has 0 radical (unpaired) electrons. The van der Waals surface area contributed by atoms with Gasteiger partial charge in [0.1, 0.15) is 11.6 Å². The van der Waals surface area contributed by atoms with Crippen LogP contribution in [0.4, 0.5) is 5.82 Å². The molecule has 1 aromatic rings. The highest BCUT2D eigenvalue weighted by atomic mass is 16.5. The summed E-state index contributed by atoms with van der Waals surface area (Å²) < 4.78 is 5.44. The van der Waals surface area contributed by atoms with Crippen molar-refractivity contribution in [2.24, 2.45) is 5.92 Å². The third kappa shape index (κ3) is 6.24. The molecule has 1 aromatic heterocycles. The molecule has 1 aliphatic carbocycles. The molecular formula is C26H43N5O2. The van der Waals surface area contributed by atoms with Crippen LogP contribution < -0.4 is 10.2 Å². The van der Waals surface area contributed by atoms with Crippen molar-refractivity contribution in [1.29, 1.82) is 0 Å². The molecule has 184 valence electrons. The van der Waals surface area contributed by atoms with Crippen LogP contribution in [0.1, 0.15) is 84.2 Å². The zero-order valence-electron chi connectivity index (χ0n) is 21.3. The minimum Gasteiger partial charge on any atom is -0.380 e. The van der Waals surface area contributed by atoms with Crippen molar-refractivity contribution in [3.63, 3.8) is 0 Å². The fourth-order valence-electron chi connectivity index (χ4n) is 5.38. The highest BCUT2D eigenvalue weighted by molar-refractivity contribution is 5.73. The SMILES string of the molecule is CC(=O)NC1CCC(CCN2CCN(c3cc(C4COC4)nc(C(C)(C)C)n3)C(C)C2)CC1. The third-order valence-corrected chi connectivity index (χ3v) is 7.57. The number of rotatable bonds is 6. The Hall–Kier alpha value is -1.73. The largest absolute Gasteiger partial charge is 0.380 e. The molecule has 2 aliphatic heterocycles. The van der Waals surface area contributed by atoms with E-state index in [1.54, 1.807) is 6.92 Å². The Kier molecular flexibility index (Phi) is 7.59. The number of nitrogens with zero attached hydrogens (tertiary/aromatic N) is 4. The molecule has 0 aromatic carbocycles. The molecule has 1 atom stereocenters. The Morgan fingerprint density at radius 1 is 1.15 bits per heavy atom. The molecule has 3 heterocycles. The van der Waals surface area contributed by atoms with E-state index in [1.807, 2.05) is 0 Å². The van der Waals surface area contributed by atoms with E-state index < -0.39 is 0 Å². The summed E-state index contributed by atoms with van der Waals surface area (Å²) in [5.74, 6) is 3.33. The average molecular weight is 458 g/mol. The lowest BCUT2D eigenvalue weighted by Gasteiger charge is -2.42. The average Bonchev–Trinajstić information content (AvgIpc) is 2.71. The second-order valence-electron chi connectivity index (χ2n) is 11.5. The summed E-state index contributed by atoms with van der Waals surface area (Å²) in [6, 6.07) is 3.04. The van der Waals surface area contributed by atoms with Crippen molar-refractivity contribution < 1.29 is 9.53 Å². The minimum atomic E-state index is -0.0701. The Labute approximate surface area is 199 Å². The van der Waals surface area contributed by atoms with Crippen LogP contribution >= 0.6 is 0 Å². The lowest BCUT2D eigenvalue weighted by Crippen LogP contribution is -2.52. The van der Waals surface area contributed by atoms with Gasteiger partial charge in [-0.05, 0) is 51.5 Å². The van der Waals surface area contributed by atoms with Crippen LogP contribution in [0, 0.1) is 5.92 Å². The van der Waals surface area contributed by atoms with Gasteiger partial charge in [0.2, 0.25) is 5.91 Å². The van der Waals surface area contributed by atoms with Crippen LogP contribution in [0.15, 0.2) is 6.07 Å². The summed E-state index contributed by atoms with van der Waals surface area (Å²) in [7, 11) is 0. The molecule has 0 spiro atoms. The third-order valence-electron chi connectivity index (χ3n) is 7.57. The van der Waals surface area contributed by atoms with Gasteiger partial charge in [-0.15, -0.1) is 0 Å². The quantitative estimate of drug-likeness (QED) is 0.705. The van der Waals surface area contributed by atoms with Gasteiger partial charge in [-0.25, -0.2) is 9.97 Å². The molecule has 7 nitrogen and oxygen atoms in total. The lowest BCUT2D eigenvalue weighted by molar-refractivity contribution is -0.119. The van der Waals surface area contributed by atoms with E-state index >= 15 is 0 Å². The van der Waals surface area contributed by atoms with Crippen molar-refractivity contribution >= 4 is 11.7 Å². The molecule has 1 saturated carbocycles. The van der Waals surface area contributed by atoms with Gasteiger partial charge >= 0.3 is 0 Å². The molecular weight excluding hydrogens is 414 g/mol. The number of ether oxygens (including phenoxy) is 1. The second-order valence-corrected chi connectivity index (χ2v) is 11.5. The number of hydrogen-bond donors (Lipinski definition) is 1. The number of nitrogens with one attached hydrogen (secondary N) is 1. The first-order valence-electron chi connectivity index (χ1n) is 12.9. The molecule has 0 bridgehead atoms. The Bertz CT molecular complexity index is 811. The molecule has 2 saturated heterocycles. The molecule has 4 rings (SSSR count). The smallest absolute Gasteiger partial charge is 0.217 e. The Morgan fingerprint density at radius 2 is 1.88 bits per heavy atom. The summed E-state index contributed by atoms with van der Waals surface area (Å²) in [5, 5.41) is 3.09. The Balaban J connectivity index is 1.32. The first kappa shape index (κ1) is 24.4. The molecule has 1 amide bonds. The predicted octanol–water partition coefficient (Wildman–Crippen LogP) is 3.48. The number of carbonyl (C=O) groups is 1. The maximum Gasteiger partial charge on any atom is 0.217 e. The van der Waals surface area contributed by atoms with Crippen LogP contribution in [0.5, 0.6) is 0 Å². The van der Waals surface area contributed by atoms with Gasteiger partial charge in [-0.3, -0.25) is 9.69 Å². The highest BCUT2D eigenvalue weighted by Gasteiger charge is 2.31. The fraction of sp³-hybridized carbons (Fsp3) is 0.808. The van der Waals surface area contributed by atoms with Gasteiger partial charge < -0.3 is 15.0 Å². The summed E-state index contributed by atoms with van der Waals surface area (Å²) >= 11 is 0. The second kappa shape index (κ2) is 10.3. The number of piperazine rings is 1. The molecule has 1 N–H and O–H groups in total. The zero-order chi connectivity index (χ0) is 23.6. The van der Waals surface area contributed by atoms with Crippen molar-refractivity contribution in [1.82, 2.24) is 20.2 Å². The first-order valence-corrected chi connectivity index (χ1v) is 12.9. The van der Waals surface area contributed by atoms with Crippen LogP contribution in [-0.4, -0.2) is 72.3 Å². The summed E-state index contributed by atoms with van der Waals surface area (Å²) in [6.07, 6.45) is 6.02. The van der Waals surface area contributed by atoms with Gasteiger partial charge in [-0.2, -0.15) is 0 Å². The topological polar surface area (TPSA) is 70.6 Å². The lowest BCUT2D eigenvalue weighted by atomic mass is 9.84. The minimum absolute atomic E-state index is 0.0701. The molecule has 1 unspecified atom stereocenters. The van der Waals surface area contributed by atoms with E-state index in [0.717, 1.165) is 68.9 Å². The van der Waals surface area contributed by atoms with E-state index in [0.29, 0.717) is 18.0 Å². The standard InChI is InChI=1S/C26H43N5O2/c1-18-15-30(11-10-20-6-8-22(9-7-20)27-19(2)32)12-13-31(18)24-14-23(21-16-33-17-21)28-25(29-24)26(3,4)5/h14,18,20-22H,6-13,15-17H2,1-5H3,(H,27,32). The number of anilines is 1. The van der Waals surface area contributed by atoms with Crippen molar-refractivity contribution in [3.8, 4) is 0 Å². The van der Waals surface area contributed by atoms with E-state index in [2.05, 4.69) is 48.9 Å². The summed E-state index contributed by atoms with van der Waals surface area (Å²) in [6.45, 7) is 16.4. The molecule has 33 heavy (non-hydrogen) atoms. The highest BCUT2D eigenvalue weighted by Crippen LogP contribution is 2.31. The van der Waals surface area contributed by atoms with Crippen molar-refractivity contribution in [2.45, 2.75) is 90.1 Å². The van der Waals surface area contributed by atoms with E-state index in [4.69, 9.17) is 14.7 Å². The van der Waals surface area contributed by atoms with Gasteiger partial charge in [0.15, 0.2) is 0 Å². The summed E-state index contributed by atoms with van der Waals surface area (Å²) in [4.78, 5) is 26.3. The number of aromatic nitrogens is 2. The zero-order valence-corrected chi connectivity index (χ0v) is 21.3. The number of hydrogen-bond acceptors (Lipinski definition) is 6.